The average molecular weight is 309 g/mol. The van der Waals surface area contributed by atoms with E-state index in [0.717, 1.165) is 5.56 Å². The fraction of sp³-hybridized carbons (Fsp3) is 0.222. The van der Waals surface area contributed by atoms with Crippen molar-refractivity contribution < 1.29 is 33.5 Å². The minimum Gasteiger partial charge on any atom is -0.325 e. The van der Waals surface area contributed by atoms with E-state index in [0.29, 0.717) is 0 Å². The minimum absolute atomic E-state index is 0.183. The lowest BCUT2D eigenvalue weighted by Gasteiger charge is -2.18. The summed E-state index contributed by atoms with van der Waals surface area (Å²) in [5.41, 5.74) is 1.07. The summed E-state index contributed by atoms with van der Waals surface area (Å²) in [4.78, 5) is 47.0. The third-order valence-corrected chi connectivity index (χ3v) is 5.74. The highest BCUT2D eigenvalue weighted by Gasteiger charge is 2.49. The van der Waals surface area contributed by atoms with E-state index >= 15 is 0 Å². The van der Waals surface area contributed by atoms with E-state index in [1.54, 1.807) is 19.1 Å². The summed E-state index contributed by atoms with van der Waals surface area (Å²) >= 11 is 0. The van der Waals surface area contributed by atoms with E-state index in [1.807, 2.05) is 0 Å². The van der Waals surface area contributed by atoms with Crippen molar-refractivity contribution in [3.8, 4) is 0 Å². The van der Waals surface area contributed by atoms with Crippen molar-refractivity contribution in [1.29, 1.82) is 0 Å². The molecule has 0 saturated heterocycles. The molecule has 0 radical (unpaired) electrons. The smallest absolute Gasteiger partial charge is 0.325 e. The highest BCUT2D eigenvalue weighted by atomic mass is 31.2. The maximum Gasteiger partial charge on any atom is 0.350 e. The van der Waals surface area contributed by atoms with Crippen LogP contribution in [0.15, 0.2) is 24.3 Å². The van der Waals surface area contributed by atoms with Crippen molar-refractivity contribution in [2.75, 3.05) is 5.32 Å². The van der Waals surface area contributed by atoms with Gasteiger partial charge in [0.25, 0.3) is 5.91 Å². The van der Waals surface area contributed by atoms with Gasteiger partial charge in [-0.1, -0.05) is 17.7 Å². The predicted molar refractivity (Wildman–Crippen MR) is 67.7 cm³/mol. The van der Waals surface area contributed by atoms with Crippen LogP contribution in [-0.4, -0.2) is 30.9 Å². The van der Waals surface area contributed by atoms with Crippen LogP contribution in [-0.2, 0) is 13.9 Å². The van der Waals surface area contributed by atoms with Crippen molar-refractivity contribution in [2.45, 2.75) is 12.3 Å². The van der Waals surface area contributed by atoms with Gasteiger partial charge in [-0.05, 0) is 19.1 Å². The lowest BCUT2D eigenvalue weighted by molar-refractivity contribution is -0.115. The number of rotatable bonds is 4. The van der Waals surface area contributed by atoms with Gasteiger partial charge >= 0.3 is 15.2 Å². The van der Waals surface area contributed by atoms with Crippen LogP contribution in [0.25, 0.3) is 0 Å². The largest absolute Gasteiger partial charge is 0.350 e. The molecule has 106 valence electrons. The first-order valence-corrected chi connectivity index (χ1v) is 8.36. The second kappa shape index (κ2) is 5.54. The van der Waals surface area contributed by atoms with E-state index in [9.17, 15) is 13.9 Å². The zero-order chi connectivity index (χ0) is 14.8. The van der Waals surface area contributed by atoms with Crippen LogP contribution < -0.4 is 5.32 Å². The molecule has 1 aromatic rings. The quantitative estimate of drug-likeness (QED) is 0.512. The number of carbonyl (C=O) groups is 1. The Balaban J connectivity index is 3.00. The van der Waals surface area contributed by atoms with E-state index in [4.69, 9.17) is 19.6 Å². The van der Waals surface area contributed by atoms with Gasteiger partial charge in [0.15, 0.2) is 0 Å². The van der Waals surface area contributed by atoms with Gasteiger partial charge in [-0.15, -0.1) is 0 Å². The number of carbonyl (C=O) groups excluding carboxylic acids is 1. The minimum atomic E-state index is -5.28. The Bertz CT molecular complexity index is 536. The molecule has 0 saturated carbocycles. The van der Waals surface area contributed by atoms with Crippen LogP contribution in [0.2, 0.25) is 0 Å². The van der Waals surface area contributed by atoms with E-state index in [1.165, 1.54) is 12.1 Å². The Labute approximate surface area is 108 Å². The van der Waals surface area contributed by atoms with Crippen LogP contribution in [0.3, 0.4) is 0 Å². The summed E-state index contributed by atoms with van der Waals surface area (Å²) in [5, 5.41) is -0.648. The molecule has 0 bridgehead atoms. The summed E-state index contributed by atoms with van der Waals surface area (Å²) < 4.78 is 22.0. The Morgan fingerprint density at radius 3 is 1.84 bits per heavy atom. The molecule has 10 heteroatoms. The zero-order valence-electron chi connectivity index (χ0n) is 9.79. The fourth-order valence-electron chi connectivity index (χ4n) is 1.35. The highest BCUT2D eigenvalue weighted by Crippen LogP contribution is 2.60. The van der Waals surface area contributed by atoms with Gasteiger partial charge in [0.1, 0.15) is 0 Å². The summed E-state index contributed by atoms with van der Waals surface area (Å²) in [7, 11) is -10.6. The van der Waals surface area contributed by atoms with Crippen molar-refractivity contribution in [3.63, 3.8) is 0 Å². The summed E-state index contributed by atoms with van der Waals surface area (Å²) in [5.74, 6) is -1.43. The van der Waals surface area contributed by atoms with Crippen LogP contribution >= 0.6 is 15.2 Å². The standard InChI is InChI=1S/C9H13NO7P2/c1-6-2-4-7(5-3-6)10-8(11)9(18(12,13)14)19(15,16)17/h2-5,9H,1H3,(H,10,11)(H2,12,13,14)(H2,15,16,17). The Hall–Kier alpha value is -1.01. The van der Waals surface area contributed by atoms with Crippen molar-refractivity contribution in [1.82, 2.24) is 0 Å². The molecule has 0 aliphatic heterocycles. The maximum absolute atomic E-state index is 11.6. The number of hydrogen-bond donors (Lipinski definition) is 5. The van der Waals surface area contributed by atoms with Gasteiger partial charge in [-0.25, -0.2) is 0 Å². The van der Waals surface area contributed by atoms with Crippen LogP contribution in [0.5, 0.6) is 0 Å². The first kappa shape index (κ1) is 16.0. The fourth-order valence-corrected chi connectivity index (χ4v) is 3.65. The molecule has 0 heterocycles. The van der Waals surface area contributed by atoms with Gasteiger partial charge in [0.05, 0.1) is 0 Å². The average Bonchev–Trinajstić information content (AvgIpc) is 2.16. The topological polar surface area (TPSA) is 144 Å². The molecule has 19 heavy (non-hydrogen) atoms. The molecule has 0 spiro atoms. The zero-order valence-corrected chi connectivity index (χ0v) is 11.6. The maximum atomic E-state index is 11.6. The molecule has 1 aromatic carbocycles. The van der Waals surface area contributed by atoms with E-state index < -0.39 is 26.5 Å². The summed E-state index contributed by atoms with van der Waals surface area (Å²) in [6.45, 7) is 1.79. The molecular weight excluding hydrogens is 296 g/mol. The first-order valence-electron chi connectivity index (χ1n) is 5.00. The first-order chi connectivity index (χ1) is 8.51. The monoisotopic (exact) mass is 309 g/mol. The number of nitrogens with one attached hydrogen (secondary N) is 1. The number of amides is 1. The molecule has 0 aliphatic rings. The Morgan fingerprint density at radius 1 is 1.05 bits per heavy atom. The van der Waals surface area contributed by atoms with Gasteiger partial charge < -0.3 is 24.9 Å². The molecule has 8 nitrogen and oxygen atoms in total. The normalized spacial score (nSPS) is 12.5. The predicted octanol–water partition coefficient (Wildman–Crippen LogP) is 0.615. The third-order valence-electron chi connectivity index (χ3n) is 2.19. The Kier molecular flexibility index (Phi) is 4.68. The van der Waals surface area contributed by atoms with Crippen LogP contribution in [0.4, 0.5) is 5.69 Å². The molecule has 0 aromatic heterocycles. The Morgan fingerprint density at radius 2 is 1.47 bits per heavy atom. The third kappa shape index (κ3) is 4.54. The number of anilines is 1. The summed E-state index contributed by atoms with van der Waals surface area (Å²) in [6, 6.07) is 6.15. The lowest BCUT2D eigenvalue weighted by Crippen LogP contribution is -2.28. The SMILES string of the molecule is Cc1ccc(NC(=O)C(P(=O)(O)O)P(=O)(O)O)cc1. The molecule has 5 N–H and O–H groups in total. The number of benzene rings is 1. The van der Waals surface area contributed by atoms with Crippen LogP contribution in [0.1, 0.15) is 5.56 Å². The van der Waals surface area contributed by atoms with Gasteiger partial charge in [0, 0.05) is 5.69 Å². The van der Waals surface area contributed by atoms with Gasteiger partial charge in [0.2, 0.25) is 5.40 Å². The van der Waals surface area contributed by atoms with Crippen molar-refractivity contribution >= 4 is 26.8 Å². The molecule has 0 fully saturated rings. The second-order valence-corrected chi connectivity index (χ2v) is 7.70. The molecular formula is C9H13NO7P2. The molecule has 1 amide bonds. The molecule has 1 rings (SSSR count). The van der Waals surface area contributed by atoms with Crippen molar-refractivity contribution in [2.24, 2.45) is 0 Å². The number of hydrogen-bond acceptors (Lipinski definition) is 3. The highest BCUT2D eigenvalue weighted by molar-refractivity contribution is 7.72. The lowest BCUT2D eigenvalue weighted by atomic mass is 10.2. The van der Waals surface area contributed by atoms with Gasteiger partial charge in [-0.2, -0.15) is 0 Å². The number of aryl methyl sites for hydroxylation is 1. The van der Waals surface area contributed by atoms with E-state index in [-0.39, 0.29) is 5.69 Å². The second-order valence-electron chi connectivity index (χ2n) is 3.91. The van der Waals surface area contributed by atoms with Gasteiger partial charge in [-0.3, -0.25) is 13.9 Å². The molecule has 0 aliphatic carbocycles. The molecule has 0 unspecified atom stereocenters. The van der Waals surface area contributed by atoms with E-state index in [2.05, 4.69) is 5.32 Å². The van der Waals surface area contributed by atoms with Crippen LogP contribution in [0, 0.1) is 6.92 Å². The summed E-state index contributed by atoms with van der Waals surface area (Å²) in [6.07, 6.45) is 0. The molecule has 0 atom stereocenters. The van der Waals surface area contributed by atoms with Crippen molar-refractivity contribution in [3.05, 3.63) is 29.8 Å².